The first-order valence-electron chi connectivity index (χ1n) is 10.2. The minimum atomic E-state index is 0.149. The van der Waals surface area contributed by atoms with Crippen LogP contribution in [-0.2, 0) is 11.3 Å². The predicted molar refractivity (Wildman–Crippen MR) is 114 cm³/mol. The van der Waals surface area contributed by atoms with Gasteiger partial charge in [-0.2, -0.15) is 4.98 Å². The van der Waals surface area contributed by atoms with Crippen LogP contribution >= 0.6 is 0 Å². The number of carbonyl (C=O) groups is 1. The Hall–Kier alpha value is -2.63. The molecule has 1 saturated heterocycles. The maximum atomic E-state index is 12.4. The van der Waals surface area contributed by atoms with Gasteiger partial charge in [-0.1, -0.05) is 23.8 Å². The summed E-state index contributed by atoms with van der Waals surface area (Å²) in [5, 5.41) is 6.25. The van der Waals surface area contributed by atoms with Crippen molar-refractivity contribution < 1.29 is 4.79 Å². The van der Waals surface area contributed by atoms with Gasteiger partial charge in [0.05, 0.1) is 0 Å². The Balaban J connectivity index is 1.45. The van der Waals surface area contributed by atoms with Gasteiger partial charge >= 0.3 is 0 Å². The number of nitrogens with one attached hydrogen (secondary N) is 2. The summed E-state index contributed by atoms with van der Waals surface area (Å²) in [5.41, 5.74) is 3.65. The van der Waals surface area contributed by atoms with Gasteiger partial charge in [0.15, 0.2) is 0 Å². The average Bonchev–Trinajstić information content (AvgIpc) is 2.70. The molecule has 6 nitrogen and oxygen atoms in total. The Morgan fingerprint density at radius 2 is 2.00 bits per heavy atom. The lowest BCUT2D eigenvalue weighted by atomic mass is 9.93. The molecule has 28 heavy (non-hydrogen) atoms. The van der Waals surface area contributed by atoms with Gasteiger partial charge < -0.3 is 15.5 Å². The molecular weight excluding hydrogens is 350 g/mol. The van der Waals surface area contributed by atoms with E-state index in [2.05, 4.69) is 57.5 Å². The smallest absolute Gasteiger partial charge is 0.224 e. The Kier molecular flexibility index (Phi) is 6.85. The summed E-state index contributed by atoms with van der Waals surface area (Å²) in [7, 11) is 0. The maximum Gasteiger partial charge on any atom is 0.224 e. The van der Waals surface area contributed by atoms with Gasteiger partial charge in [-0.15, -0.1) is 0 Å². The number of aromatic nitrogens is 2. The van der Waals surface area contributed by atoms with Crippen molar-refractivity contribution in [2.24, 2.45) is 5.92 Å². The largest absolute Gasteiger partial charge is 0.356 e. The van der Waals surface area contributed by atoms with Crippen LogP contribution in [0.5, 0.6) is 0 Å². The number of anilines is 2. The first-order chi connectivity index (χ1) is 13.5. The van der Waals surface area contributed by atoms with Crippen LogP contribution in [0.4, 0.5) is 11.8 Å². The Morgan fingerprint density at radius 1 is 1.21 bits per heavy atom. The quantitative estimate of drug-likeness (QED) is 0.769. The molecule has 0 radical (unpaired) electrons. The number of carbonyl (C=O) groups excluding carboxylic acids is 1. The monoisotopic (exact) mass is 381 g/mol. The van der Waals surface area contributed by atoms with Crippen LogP contribution in [0.15, 0.2) is 30.5 Å². The van der Waals surface area contributed by atoms with Crippen molar-refractivity contribution in [3.63, 3.8) is 0 Å². The lowest BCUT2D eigenvalue weighted by Gasteiger charge is -2.32. The van der Waals surface area contributed by atoms with Gasteiger partial charge in [-0.25, -0.2) is 4.98 Å². The Bertz CT molecular complexity index is 799. The number of rotatable bonds is 7. The molecule has 150 valence electrons. The van der Waals surface area contributed by atoms with Crippen LogP contribution in [0.1, 0.15) is 42.9 Å². The van der Waals surface area contributed by atoms with Crippen LogP contribution in [0, 0.1) is 19.8 Å². The highest BCUT2D eigenvalue weighted by atomic mass is 16.1. The van der Waals surface area contributed by atoms with Gasteiger partial charge in [0, 0.05) is 38.8 Å². The number of benzene rings is 1. The molecule has 0 aliphatic carbocycles. The number of hydrogen-bond donors (Lipinski definition) is 2. The van der Waals surface area contributed by atoms with E-state index in [0.29, 0.717) is 24.8 Å². The predicted octanol–water partition coefficient (Wildman–Crippen LogP) is 3.45. The van der Waals surface area contributed by atoms with Crippen molar-refractivity contribution in [2.75, 3.05) is 29.9 Å². The molecule has 0 saturated carbocycles. The van der Waals surface area contributed by atoms with Crippen LogP contribution in [-0.4, -0.2) is 35.5 Å². The molecule has 1 aromatic heterocycles. The minimum absolute atomic E-state index is 0.149. The average molecular weight is 382 g/mol. The fourth-order valence-electron chi connectivity index (χ4n) is 3.65. The summed E-state index contributed by atoms with van der Waals surface area (Å²) in [6.45, 7) is 9.48. The van der Waals surface area contributed by atoms with E-state index in [1.807, 2.05) is 13.0 Å². The van der Waals surface area contributed by atoms with Gasteiger partial charge in [-0.3, -0.25) is 4.79 Å². The third-order valence-electron chi connectivity index (χ3n) is 5.37. The van der Waals surface area contributed by atoms with Crippen molar-refractivity contribution >= 4 is 17.7 Å². The summed E-state index contributed by atoms with van der Waals surface area (Å²) >= 11 is 0. The fraction of sp³-hybridized carbons (Fsp3) is 0.500. The van der Waals surface area contributed by atoms with Gasteiger partial charge in [-0.05, 0) is 56.7 Å². The van der Waals surface area contributed by atoms with Crippen LogP contribution < -0.4 is 15.5 Å². The highest BCUT2D eigenvalue weighted by Gasteiger charge is 2.22. The zero-order chi connectivity index (χ0) is 19.9. The van der Waals surface area contributed by atoms with E-state index in [-0.39, 0.29) is 5.91 Å². The zero-order valence-corrected chi connectivity index (χ0v) is 17.2. The Labute approximate surface area is 167 Å². The fourth-order valence-corrected chi connectivity index (χ4v) is 3.65. The van der Waals surface area contributed by atoms with Gasteiger partial charge in [0.2, 0.25) is 11.9 Å². The maximum absolute atomic E-state index is 12.4. The standard InChI is InChI=1S/C22H31N5O/c1-4-23-22-24-10-7-20(26-22)27-11-8-18(9-12-27)14-21(28)25-15-19-13-16(2)5-6-17(19)3/h5-7,10,13,18H,4,8-9,11-12,14-15H2,1-3H3,(H,25,28)(H,23,24,26). The lowest BCUT2D eigenvalue weighted by Crippen LogP contribution is -2.36. The summed E-state index contributed by atoms with van der Waals surface area (Å²) in [6, 6.07) is 8.32. The van der Waals surface area contributed by atoms with Crippen molar-refractivity contribution in [3.05, 3.63) is 47.2 Å². The van der Waals surface area contributed by atoms with Gasteiger partial charge in [0.1, 0.15) is 5.82 Å². The molecule has 0 unspecified atom stereocenters. The summed E-state index contributed by atoms with van der Waals surface area (Å²) in [6.07, 6.45) is 4.42. The summed E-state index contributed by atoms with van der Waals surface area (Å²) in [5.74, 6) is 2.22. The Morgan fingerprint density at radius 3 is 2.75 bits per heavy atom. The zero-order valence-electron chi connectivity index (χ0n) is 17.2. The van der Waals surface area contributed by atoms with Gasteiger partial charge in [0.25, 0.3) is 0 Å². The number of aryl methyl sites for hydroxylation is 2. The molecule has 0 spiro atoms. The third kappa shape index (κ3) is 5.44. The molecule has 2 heterocycles. The van der Waals surface area contributed by atoms with Crippen molar-refractivity contribution in [1.82, 2.24) is 15.3 Å². The van der Waals surface area contributed by atoms with E-state index >= 15 is 0 Å². The molecular formula is C22H31N5O. The topological polar surface area (TPSA) is 70.2 Å². The molecule has 1 aliphatic rings. The van der Waals surface area contributed by atoms with Crippen molar-refractivity contribution in [3.8, 4) is 0 Å². The second-order valence-corrected chi connectivity index (χ2v) is 7.61. The van der Waals surface area contributed by atoms with Crippen LogP contribution in [0.25, 0.3) is 0 Å². The summed E-state index contributed by atoms with van der Waals surface area (Å²) < 4.78 is 0. The molecule has 2 aromatic rings. The molecule has 2 N–H and O–H groups in total. The number of hydrogen-bond acceptors (Lipinski definition) is 5. The van der Waals surface area contributed by atoms with Crippen molar-refractivity contribution in [2.45, 2.75) is 46.6 Å². The van der Waals surface area contributed by atoms with Crippen molar-refractivity contribution in [1.29, 1.82) is 0 Å². The van der Waals surface area contributed by atoms with E-state index in [0.717, 1.165) is 38.3 Å². The van der Waals surface area contributed by atoms with Crippen LogP contribution in [0.2, 0.25) is 0 Å². The van der Waals surface area contributed by atoms with E-state index in [9.17, 15) is 4.79 Å². The summed E-state index contributed by atoms with van der Waals surface area (Å²) in [4.78, 5) is 23.5. The molecule has 1 fully saturated rings. The van der Waals surface area contributed by atoms with E-state index in [1.54, 1.807) is 6.20 Å². The number of nitrogens with zero attached hydrogens (tertiary/aromatic N) is 3. The van der Waals surface area contributed by atoms with E-state index in [4.69, 9.17) is 0 Å². The van der Waals surface area contributed by atoms with Crippen LogP contribution in [0.3, 0.4) is 0 Å². The highest BCUT2D eigenvalue weighted by molar-refractivity contribution is 5.76. The first-order valence-corrected chi connectivity index (χ1v) is 10.2. The molecule has 6 heteroatoms. The second kappa shape index (κ2) is 9.53. The first kappa shape index (κ1) is 20.1. The molecule has 3 rings (SSSR count). The molecule has 0 atom stereocenters. The molecule has 0 bridgehead atoms. The normalized spacial score (nSPS) is 14.8. The SMILES string of the molecule is CCNc1nccc(N2CCC(CC(=O)NCc3cc(C)ccc3C)CC2)n1. The van der Waals surface area contributed by atoms with E-state index in [1.165, 1.54) is 16.7 Å². The lowest BCUT2D eigenvalue weighted by molar-refractivity contribution is -0.122. The molecule has 1 aromatic carbocycles. The third-order valence-corrected chi connectivity index (χ3v) is 5.37. The second-order valence-electron chi connectivity index (χ2n) is 7.61. The highest BCUT2D eigenvalue weighted by Crippen LogP contribution is 2.24. The number of piperidine rings is 1. The molecule has 1 aliphatic heterocycles. The van der Waals surface area contributed by atoms with E-state index < -0.39 is 0 Å². The number of amides is 1. The minimum Gasteiger partial charge on any atom is -0.356 e. The molecule has 1 amide bonds.